The molecule has 7 heteroatoms. The van der Waals surface area contributed by atoms with Crippen LogP contribution < -0.4 is 10.0 Å². The van der Waals surface area contributed by atoms with Crippen molar-refractivity contribution in [2.75, 3.05) is 13.1 Å². The van der Waals surface area contributed by atoms with Gasteiger partial charge in [-0.1, -0.05) is 13.8 Å². The highest BCUT2D eigenvalue weighted by atomic mass is 32.2. The van der Waals surface area contributed by atoms with Crippen LogP contribution in [0, 0.1) is 5.92 Å². The van der Waals surface area contributed by atoms with Crippen LogP contribution in [-0.2, 0) is 16.6 Å². The molecule has 6 nitrogen and oxygen atoms in total. The van der Waals surface area contributed by atoms with E-state index in [0.29, 0.717) is 12.5 Å². The first-order valence-electron chi connectivity index (χ1n) is 6.72. The van der Waals surface area contributed by atoms with Crippen molar-refractivity contribution in [2.45, 2.75) is 44.3 Å². The summed E-state index contributed by atoms with van der Waals surface area (Å²) in [6, 6.07) is -0.0333. The van der Waals surface area contributed by atoms with Crippen LogP contribution in [0.25, 0.3) is 0 Å². The average molecular weight is 286 g/mol. The summed E-state index contributed by atoms with van der Waals surface area (Å²) >= 11 is 0. The number of imidazole rings is 1. The third-order valence-corrected chi connectivity index (χ3v) is 4.48. The van der Waals surface area contributed by atoms with Crippen molar-refractivity contribution >= 4 is 10.0 Å². The Balaban J connectivity index is 2.04. The molecule has 1 fully saturated rings. The van der Waals surface area contributed by atoms with Crippen LogP contribution in [0.2, 0.25) is 0 Å². The van der Waals surface area contributed by atoms with Crippen LogP contribution in [0.4, 0.5) is 0 Å². The van der Waals surface area contributed by atoms with E-state index in [1.165, 1.54) is 0 Å². The molecule has 1 saturated heterocycles. The lowest BCUT2D eigenvalue weighted by atomic mass is 10.1. The number of sulfonamides is 1. The molecule has 19 heavy (non-hydrogen) atoms. The van der Waals surface area contributed by atoms with Crippen LogP contribution in [-0.4, -0.2) is 37.1 Å². The minimum absolute atomic E-state index is 0.0333. The maximum atomic E-state index is 12.2. The average Bonchev–Trinajstić information content (AvgIpc) is 2.78. The molecule has 1 atom stereocenters. The standard InChI is InChI=1S/C12H22N4O2S/c1-10(2)7-16-8-12(14-9-16)19(17,18)15-11-4-3-5-13-6-11/h8-11,13,15H,3-7H2,1-2H3. The number of nitrogens with zero attached hydrogens (tertiary/aromatic N) is 2. The molecule has 0 radical (unpaired) electrons. The molecule has 1 aromatic rings. The first kappa shape index (κ1) is 14.5. The zero-order chi connectivity index (χ0) is 13.9. The van der Waals surface area contributed by atoms with E-state index >= 15 is 0 Å². The van der Waals surface area contributed by atoms with Crippen molar-refractivity contribution in [3.8, 4) is 0 Å². The number of nitrogens with one attached hydrogen (secondary N) is 2. The zero-order valence-electron chi connectivity index (χ0n) is 11.5. The summed E-state index contributed by atoms with van der Waals surface area (Å²) in [5, 5.41) is 3.30. The van der Waals surface area contributed by atoms with E-state index in [2.05, 4.69) is 28.9 Å². The van der Waals surface area contributed by atoms with Crippen molar-refractivity contribution in [2.24, 2.45) is 5.92 Å². The highest BCUT2D eigenvalue weighted by Crippen LogP contribution is 2.10. The van der Waals surface area contributed by atoms with Gasteiger partial charge < -0.3 is 9.88 Å². The largest absolute Gasteiger partial charge is 0.336 e. The van der Waals surface area contributed by atoms with Crippen molar-refractivity contribution in [1.29, 1.82) is 0 Å². The Labute approximate surface area is 114 Å². The molecule has 1 aromatic heterocycles. The van der Waals surface area contributed by atoms with E-state index in [0.717, 1.165) is 25.9 Å². The Kier molecular flexibility index (Phi) is 4.59. The summed E-state index contributed by atoms with van der Waals surface area (Å²) in [5.74, 6) is 0.459. The first-order valence-corrected chi connectivity index (χ1v) is 8.20. The van der Waals surface area contributed by atoms with E-state index in [9.17, 15) is 8.42 Å². The van der Waals surface area contributed by atoms with Crippen LogP contribution in [0.15, 0.2) is 17.6 Å². The van der Waals surface area contributed by atoms with Crippen LogP contribution >= 0.6 is 0 Å². The Bertz CT molecular complexity index is 504. The van der Waals surface area contributed by atoms with Gasteiger partial charge in [-0.25, -0.2) is 18.1 Å². The van der Waals surface area contributed by atoms with Gasteiger partial charge in [-0.15, -0.1) is 0 Å². The summed E-state index contributed by atoms with van der Waals surface area (Å²) in [6.45, 7) is 6.58. The normalized spacial score (nSPS) is 20.9. The molecule has 0 amide bonds. The van der Waals surface area contributed by atoms with Gasteiger partial charge in [-0.05, 0) is 25.3 Å². The van der Waals surface area contributed by atoms with E-state index < -0.39 is 10.0 Å². The number of hydrogen-bond donors (Lipinski definition) is 2. The van der Waals surface area contributed by atoms with Crippen LogP contribution in [0.5, 0.6) is 0 Å². The zero-order valence-corrected chi connectivity index (χ0v) is 12.3. The predicted molar refractivity (Wildman–Crippen MR) is 73.3 cm³/mol. The lowest BCUT2D eigenvalue weighted by molar-refractivity contribution is 0.428. The Morgan fingerprint density at radius 1 is 1.58 bits per heavy atom. The molecule has 1 aliphatic rings. The third-order valence-electron chi connectivity index (χ3n) is 3.08. The molecule has 0 aromatic carbocycles. The Morgan fingerprint density at radius 2 is 2.37 bits per heavy atom. The van der Waals surface area contributed by atoms with Gasteiger partial charge in [0.15, 0.2) is 5.03 Å². The lowest BCUT2D eigenvalue weighted by Crippen LogP contribution is -2.45. The van der Waals surface area contributed by atoms with Crippen LogP contribution in [0.1, 0.15) is 26.7 Å². The minimum atomic E-state index is -3.50. The van der Waals surface area contributed by atoms with Crippen molar-refractivity contribution in [1.82, 2.24) is 19.6 Å². The summed E-state index contributed by atoms with van der Waals surface area (Å²) in [7, 11) is -3.50. The molecule has 1 unspecified atom stereocenters. The van der Waals surface area contributed by atoms with Crippen molar-refractivity contribution < 1.29 is 8.42 Å². The fourth-order valence-corrected chi connectivity index (χ4v) is 3.45. The molecule has 108 valence electrons. The monoisotopic (exact) mass is 286 g/mol. The molecule has 2 heterocycles. The number of hydrogen-bond acceptors (Lipinski definition) is 4. The maximum absolute atomic E-state index is 12.2. The first-order chi connectivity index (χ1) is 8.97. The molecule has 0 aliphatic carbocycles. The molecular formula is C12H22N4O2S. The van der Waals surface area contributed by atoms with Crippen molar-refractivity contribution in [3.63, 3.8) is 0 Å². The lowest BCUT2D eigenvalue weighted by Gasteiger charge is -2.23. The van der Waals surface area contributed by atoms with E-state index in [-0.39, 0.29) is 11.1 Å². The second-order valence-electron chi connectivity index (χ2n) is 5.47. The summed E-state index contributed by atoms with van der Waals surface area (Å²) in [4.78, 5) is 4.00. The van der Waals surface area contributed by atoms with Gasteiger partial charge in [0.05, 0.1) is 6.33 Å². The summed E-state index contributed by atoms with van der Waals surface area (Å²) in [6.07, 6.45) is 5.04. The molecule has 0 saturated carbocycles. The quantitative estimate of drug-likeness (QED) is 0.830. The third kappa shape index (κ3) is 4.02. The van der Waals surface area contributed by atoms with Gasteiger partial charge in [0.2, 0.25) is 0 Å². The molecule has 1 aliphatic heterocycles. The smallest absolute Gasteiger partial charge is 0.259 e. The van der Waals surface area contributed by atoms with Gasteiger partial charge >= 0.3 is 0 Å². The van der Waals surface area contributed by atoms with Gasteiger partial charge in [0, 0.05) is 25.3 Å². The Morgan fingerprint density at radius 3 is 3.00 bits per heavy atom. The van der Waals surface area contributed by atoms with Gasteiger partial charge in [-0.2, -0.15) is 0 Å². The SMILES string of the molecule is CC(C)Cn1cnc(S(=O)(=O)NC2CCCNC2)c1. The Hall–Kier alpha value is -0.920. The van der Waals surface area contributed by atoms with Crippen molar-refractivity contribution in [3.05, 3.63) is 12.5 Å². The molecular weight excluding hydrogens is 264 g/mol. The summed E-state index contributed by atoms with van der Waals surface area (Å²) < 4.78 is 28.9. The number of piperidine rings is 1. The number of rotatable bonds is 5. The van der Waals surface area contributed by atoms with E-state index in [1.54, 1.807) is 12.5 Å². The topological polar surface area (TPSA) is 76.0 Å². The van der Waals surface area contributed by atoms with Gasteiger partial charge in [0.1, 0.15) is 0 Å². The second-order valence-corrected chi connectivity index (χ2v) is 7.13. The highest BCUT2D eigenvalue weighted by molar-refractivity contribution is 7.89. The van der Waals surface area contributed by atoms with Gasteiger partial charge in [0.25, 0.3) is 10.0 Å². The minimum Gasteiger partial charge on any atom is -0.336 e. The molecule has 0 spiro atoms. The van der Waals surface area contributed by atoms with E-state index in [1.807, 2.05) is 4.57 Å². The maximum Gasteiger partial charge on any atom is 0.259 e. The van der Waals surface area contributed by atoms with E-state index in [4.69, 9.17) is 0 Å². The highest BCUT2D eigenvalue weighted by Gasteiger charge is 2.23. The van der Waals surface area contributed by atoms with Gasteiger partial charge in [-0.3, -0.25) is 0 Å². The molecule has 2 N–H and O–H groups in total. The predicted octanol–water partition coefficient (Wildman–Crippen LogP) is 0.569. The molecule has 2 rings (SSSR count). The fourth-order valence-electron chi connectivity index (χ4n) is 2.23. The summed E-state index contributed by atoms with van der Waals surface area (Å²) in [5.41, 5.74) is 0. The van der Waals surface area contributed by atoms with Crippen LogP contribution in [0.3, 0.4) is 0 Å². The molecule has 0 bridgehead atoms. The fraction of sp³-hybridized carbons (Fsp3) is 0.750. The second kappa shape index (κ2) is 6.02. The number of aromatic nitrogens is 2.